The molecule has 0 spiro atoms. The molecule has 102 valence electrons. The highest BCUT2D eigenvalue weighted by Crippen LogP contribution is 2.27. The Morgan fingerprint density at radius 1 is 1.32 bits per heavy atom. The summed E-state index contributed by atoms with van der Waals surface area (Å²) in [4.78, 5) is 26.0. The fraction of sp³-hybridized carbons (Fsp3) is 0.500. The van der Waals surface area contributed by atoms with E-state index in [1.807, 2.05) is 32.0 Å². The van der Waals surface area contributed by atoms with Gasteiger partial charge in [0.2, 0.25) is 5.91 Å². The van der Waals surface area contributed by atoms with Gasteiger partial charge in [0.25, 0.3) is 0 Å². The predicted molar refractivity (Wildman–Crippen MR) is 76.3 cm³/mol. The van der Waals surface area contributed by atoms with Crippen molar-refractivity contribution in [3.8, 4) is 0 Å². The number of amides is 1. The molecule has 3 nitrogen and oxygen atoms in total. The Morgan fingerprint density at radius 3 is 2.68 bits per heavy atom. The van der Waals surface area contributed by atoms with Crippen molar-refractivity contribution >= 4 is 17.4 Å². The lowest BCUT2D eigenvalue weighted by Gasteiger charge is -2.32. The number of piperidine rings is 1. The molecule has 1 heterocycles. The topological polar surface area (TPSA) is 37.4 Å². The number of aryl methyl sites for hydroxylation is 2. The highest BCUT2D eigenvalue weighted by molar-refractivity contribution is 6.08. The molecule has 1 aliphatic heterocycles. The number of nitrogens with zero attached hydrogens (tertiary/aromatic N) is 1. The first-order valence-corrected chi connectivity index (χ1v) is 6.96. The number of benzene rings is 1. The number of hydrogen-bond donors (Lipinski definition) is 0. The van der Waals surface area contributed by atoms with Crippen molar-refractivity contribution < 1.29 is 9.59 Å². The van der Waals surface area contributed by atoms with Crippen LogP contribution in [0.25, 0.3) is 0 Å². The van der Waals surface area contributed by atoms with Crippen LogP contribution in [0.1, 0.15) is 37.3 Å². The van der Waals surface area contributed by atoms with Gasteiger partial charge in [-0.25, -0.2) is 0 Å². The minimum Gasteiger partial charge on any atom is -0.312 e. The number of carbonyl (C=O) groups excluding carboxylic acids is 2. The molecule has 1 aromatic rings. The summed E-state index contributed by atoms with van der Waals surface area (Å²) in [5, 5.41) is 0. The average Bonchev–Trinajstić information content (AvgIpc) is 2.41. The first kappa shape index (κ1) is 13.8. The number of anilines is 1. The van der Waals surface area contributed by atoms with Crippen LogP contribution in [-0.4, -0.2) is 18.2 Å². The molecule has 1 aliphatic rings. The molecule has 3 heteroatoms. The van der Waals surface area contributed by atoms with E-state index < -0.39 is 5.92 Å². The second-order valence-corrected chi connectivity index (χ2v) is 5.27. The smallest absolute Gasteiger partial charge is 0.237 e. The Kier molecular flexibility index (Phi) is 4.03. The first-order valence-electron chi connectivity index (χ1n) is 6.96. The summed E-state index contributed by atoms with van der Waals surface area (Å²) in [5.74, 6) is -0.389. The number of hydrogen-bond acceptors (Lipinski definition) is 2. The van der Waals surface area contributed by atoms with Crippen LogP contribution in [0.3, 0.4) is 0 Å². The summed E-state index contributed by atoms with van der Waals surface area (Å²) in [5.41, 5.74) is 3.31. The lowest BCUT2D eigenvalue weighted by atomic mass is 9.91. The molecular formula is C16H21NO2. The van der Waals surface area contributed by atoms with Crippen molar-refractivity contribution in [3.05, 3.63) is 29.3 Å². The van der Waals surface area contributed by atoms with E-state index in [1.165, 1.54) is 11.1 Å². The SMILES string of the molecule is CCC(=O)C1CCCN(c2ccc(C)c(C)c2)C1=O. The van der Waals surface area contributed by atoms with Gasteiger partial charge in [-0.15, -0.1) is 0 Å². The van der Waals surface area contributed by atoms with E-state index in [0.29, 0.717) is 12.8 Å². The lowest BCUT2D eigenvalue weighted by molar-refractivity contribution is -0.133. The molecule has 1 unspecified atom stereocenters. The molecule has 1 aromatic carbocycles. The van der Waals surface area contributed by atoms with Gasteiger partial charge in [0.1, 0.15) is 5.78 Å². The summed E-state index contributed by atoms with van der Waals surface area (Å²) in [6, 6.07) is 6.04. The summed E-state index contributed by atoms with van der Waals surface area (Å²) >= 11 is 0. The summed E-state index contributed by atoms with van der Waals surface area (Å²) in [6.45, 7) is 6.64. The van der Waals surface area contributed by atoms with E-state index >= 15 is 0 Å². The zero-order chi connectivity index (χ0) is 14.0. The summed E-state index contributed by atoms with van der Waals surface area (Å²) < 4.78 is 0. The third-order valence-corrected chi connectivity index (χ3v) is 3.98. The predicted octanol–water partition coefficient (Wildman–Crippen LogP) is 3.03. The first-order chi connectivity index (χ1) is 9.04. The standard InChI is InChI=1S/C16H21NO2/c1-4-15(18)14-6-5-9-17(16(14)19)13-8-7-11(2)12(3)10-13/h7-8,10,14H,4-6,9H2,1-3H3. The molecular weight excluding hydrogens is 238 g/mol. The van der Waals surface area contributed by atoms with Crippen molar-refractivity contribution in [1.29, 1.82) is 0 Å². The molecule has 1 fully saturated rings. The monoisotopic (exact) mass is 259 g/mol. The molecule has 0 bridgehead atoms. The fourth-order valence-corrected chi connectivity index (χ4v) is 2.57. The maximum absolute atomic E-state index is 12.4. The van der Waals surface area contributed by atoms with E-state index in [4.69, 9.17) is 0 Å². The van der Waals surface area contributed by atoms with Crippen LogP contribution in [0.4, 0.5) is 5.69 Å². The second kappa shape index (κ2) is 5.55. The molecule has 0 radical (unpaired) electrons. The van der Waals surface area contributed by atoms with E-state index in [-0.39, 0.29) is 11.7 Å². The highest BCUT2D eigenvalue weighted by Gasteiger charge is 2.33. The van der Waals surface area contributed by atoms with Crippen molar-refractivity contribution in [2.24, 2.45) is 5.92 Å². The van der Waals surface area contributed by atoms with Crippen LogP contribution in [0.15, 0.2) is 18.2 Å². The van der Waals surface area contributed by atoms with Gasteiger partial charge >= 0.3 is 0 Å². The van der Waals surface area contributed by atoms with Crippen LogP contribution < -0.4 is 4.90 Å². The molecule has 1 saturated heterocycles. The lowest BCUT2D eigenvalue weighted by Crippen LogP contribution is -2.44. The average molecular weight is 259 g/mol. The van der Waals surface area contributed by atoms with Crippen molar-refractivity contribution in [2.45, 2.75) is 40.0 Å². The van der Waals surface area contributed by atoms with Gasteiger partial charge in [0, 0.05) is 18.7 Å². The second-order valence-electron chi connectivity index (χ2n) is 5.27. The van der Waals surface area contributed by atoms with E-state index in [0.717, 1.165) is 18.7 Å². The van der Waals surface area contributed by atoms with Gasteiger partial charge in [0.15, 0.2) is 0 Å². The third-order valence-electron chi connectivity index (χ3n) is 3.98. The highest BCUT2D eigenvalue weighted by atomic mass is 16.2. The Labute approximate surface area is 114 Å². The Bertz CT molecular complexity index is 507. The Morgan fingerprint density at radius 2 is 2.05 bits per heavy atom. The molecule has 2 rings (SSSR count). The van der Waals surface area contributed by atoms with Crippen molar-refractivity contribution in [2.75, 3.05) is 11.4 Å². The van der Waals surface area contributed by atoms with E-state index in [9.17, 15) is 9.59 Å². The van der Waals surface area contributed by atoms with Crippen LogP contribution in [0.5, 0.6) is 0 Å². The minimum atomic E-state index is -0.430. The zero-order valence-corrected chi connectivity index (χ0v) is 11.9. The summed E-state index contributed by atoms with van der Waals surface area (Å²) in [7, 11) is 0. The molecule has 19 heavy (non-hydrogen) atoms. The normalized spacial score (nSPS) is 19.6. The maximum Gasteiger partial charge on any atom is 0.237 e. The van der Waals surface area contributed by atoms with E-state index in [1.54, 1.807) is 4.90 Å². The number of rotatable bonds is 3. The van der Waals surface area contributed by atoms with Gasteiger partial charge in [-0.3, -0.25) is 9.59 Å². The van der Waals surface area contributed by atoms with Crippen molar-refractivity contribution in [3.63, 3.8) is 0 Å². The molecule has 1 atom stereocenters. The third kappa shape index (κ3) is 2.70. The van der Waals surface area contributed by atoms with Gasteiger partial charge in [-0.05, 0) is 49.9 Å². The van der Waals surface area contributed by atoms with Crippen LogP contribution in [0.2, 0.25) is 0 Å². The number of carbonyl (C=O) groups is 2. The fourth-order valence-electron chi connectivity index (χ4n) is 2.57. The van der Waals surface area contributed by atoms with Gasteiger partial charge in [-0.1, -0.05) is 13.0 Å². The Balaban J connectivity index is 2.26. The Hall–Kier alpha value is -1.64. The number of ketones is 1. The van der Waals surface area contributed by atoms with Crippen molar-refractivity contribution in [1.82, 2.24) is 0 Å². The zero-order valence-electron chi connectivity index (χ0n) is 11.9. The number of Topliss-reactive ketones (excluding diaryl/α,β-unsaturated/α-hetero) is 1. The van der Waals surface area contributed by atoms with Gasteiger partial charge in [0.05, 0.1) is 5.92 Å². The van der Waals surface area contributed by atoms with Crippen LogP contribution in [-0.2, 0) is 9.59 Å². The van der Waals surface area contributed by atoms with Gasteiger partial charge in [-0.2, -0.15) is 0 Å². The van der Waals surface area contributed by atoms with Gasteiger partial charge < -0.3 is 4.90 Å². The maximum atomic E-state index is 12.4. The largest absolute Gasteiger partial charge is 0.312 e. The van der Waals surface area contributed by atoms with Crippen LogP contribution >= 0.6 is 0 Å². The quantitative estimate of drug-likeness (QED) is 0.782. The van der Waals surface area contributed by atoms with Crippen LogP contribution in [0, 0.1) is 19.8 Å². The molecule has 0 saturated carbocycles. The molecule has 0 aromatic heterocycles. The summed E-state index contributed by atoms with van der Waals surface area (Å²) in [6.07, 6.45) is 2.04. The van der Waals surface area contributed by atoms with E-state index in [2.05, 4.69) is 6.92 Å². The molecule has 0 N–H and O–H groups in total. The molecule has 0 aliphatic carbocycles. The molecule has 1 amide bonds. The minimum absolute atomic E-state index is 0.0265.